The highest BCUT2D eigenvalue weighted by molar-refractivity contribution is 5.77. The zero-order valence-electron chi connectivity index (χ0n) is 10.5. The Labute approximate surface area is 110 Å². The molecule has 0 aliphatic rings. The lowest BCUT2D eigenvalue weighted by molar-refractivity contribution is -0.137. The maximum atomic E-state index is 12.6. The molecule has 0 bridgehead atoms. The molecular weight excluding hydrogens is 251 g/mol. The van der Waals surface area contributed by atoms with Gasteiger partial charge in [0.15, 0.2) is 0 Å². The van der Waals surface area contributed by atoms with E-state index < -0.39 is 5.97 Å². The van der Waals surface area contributed by atoms with Crippen LogP contribution in [0.4, 0.5) is 4.39 Å². The molecule has 0 spiro atoms. The van der Waals surface area contributed by atoms with Gasteiger partial charge in [0.25, 0.3) is 0 Å². The number of benzene rings is 1. The second kappa shape index (κ2) is 8.20. The molecule has 1 amide bonds. The summed E-state index contributed by atoms with van der Waals surface area (Å²) in [4.78, 5) is 21.7. The van der Waals surface area contributed by atoms with Crippen molar-refractivity contribution in [2.24, 2.45) is 0 Å². The summed E-state index contributed by atoms with van der Waals surface area (Å²) in [6.45, 7) is 0.965. The Bertz CT molecular complexity index is 420. The second-order valence-corrected chi connectivity index (χ2v) is 4.08. The first-order valence-electron chi connectivity index (χ1n) is 6.01. The maximum Gasteiger partial charge on any atom is 0.303 e. The second-order valence-electron chi connectivity index (χ2n) is 4.08. The molecule has 0 radical (unpaired) electrons. The zero-order chi connectivity index (χ0) is 14.1. The van der Waals surface area contributed by atoms with Gasteiger partial charge in [-0.15, -0.1) is 0 Å². The lowest BCUT2D eigenvalue weighted by Crippen LogP contribution is -2.34. The molecule has 0 aliphatic carbocycles. The first-order valence-corrected chi connectivity index (χ1v) is 6.01. The van der Waals surface area contributed by atoms with Crippen LogP contribution in [0.25, 0.3) is 0 Å². The normalized spacial score (nSPS) is 10.2. The molecule has 1 rings (SSSR count). The van der Waals surface area contributed by atoms with Crippen molar-refractivity contribution in [3.05, 3.63) is 35.6 Å². The fourth-order valence-corrected chi connectivity index (χ4v) is 1.43. The number of nitrogens with one attached hydrogen (secondary N) is 2. The van der Waals surface area contributed by atoms with Crippen LogP contribution in [0.3, 0.4) is 0 Å². The molecule has 5 nitrogen and oxygen atoms in total. The Kier molecular flexibility index (Phi) is 6.52. The predicted octanol–water partition coefficient (Wildman–Crippen LogP) is 0.896. The van der Waals surface area contributed by atoms with Gasteiger partial charge in [0.2, 0.25) is 5.91 Å². The molecule has 0 unspecified atom stereocenters. The molecule has 0 saturated carbocycles. The van der Waals surface area contributed by atoms with Gasteiger partial charge in [-0.2, -0.15) is 0 Å². The summed E-state index contributed by atoms with van der Waals surface area (Å²) in [6.07, 6.45) is 0.574. The lowest BCUT2D eigenvalue weighted by Gasteiger charge is -2.06. The molecule has 0 atom stereocenters. The largest absolute Gasteiger partial charge is 0.481 e. The van der Waals surface area contributed by atoms with E-state index in [1.807, 2.05) is 0 Å². The van der Waals surface area contributed by atoms with Crippen LogP contribution in [0.2, 0.25) is 0 Å². The third kappa shape index (κ3) is 7.15. The highest BCUT2D eigenvalue weighted by Gasteiger charge is 2.01. The van der Waals surface area contributed by atoms with E-state index in [1.54, 1.807) is 12.1 Å². The van der Waals surface area contributed by atoms with E-state index >= 15 is 0 Å². The van der Waals surface area contributed by atoms with Crippen LogP contribution in [-0.2, 0) is 16.1 Å². The van der Waals surface area contributed by atoms with E-state index in [9.17, 15) is 14.0 Å². The number of halogens is 1. The molecule has 6 heteroatoms. The van der Waals surface area contributed by atoms with Crippen LogP contribution in [0, 0.1) is 5.82 Å². The van der Waals surface area contributed by atoms with Crippen LogP contribution >= 0.6 is 0 Å². The van der Waals surface area contributed by atoms with Crippen molar-refractivity contribution < 1.29 is 19.1 Å². The van der Waals surface area contributed by atoms with Gasteiger partial charge < -0.3 is 15.7 Å². The highest BCUT2D eigenvalue weighted by atomic mass is 19.1. The molecule has 0 aromatic heterocycles. The fourth-order valence-electron chi connectivity index (χ4n) is 1.43. The van der Waals surface area contributed by atoms with Gasteiger partial charge in [0, 0.05) is 13.0 Å². The van der Waals surface area contributed by atoms with Crippen molar-refractivity contribution >= 4 is 11.9 Å². The number of carbonyl (C=O) groups is 2. The number of carboxylic acids is 1. The number of amides is 1. The van der Waals surface area contributed by atoms with Crippen molar-refractivity contribution in [1.82, 2.24) is 10.6 Å². The Balaban J connectivity index is 2.11. The molecule has 19 heavy (non-hydrogen) atoms. The molecule has 0 saturated heterocycles. The zero-order valence-corrected chi connectivity index (χ0v) is 10.5. The van der Waals surface area contributed by atoms with E-state index in [2.05, 4.69) is 10.6 Å². The Hall–Kier alpha value is -1.95. The highest BCUT2D eigenvalue weighted by Crippen LogP contribution is 2.01. The van der Waals surface area contributed by atoms with Crippen LogP contribution < -0.4 is 10.6 Å². The van der Waals surface area contributed by atoms with E-state index in [1.165, 1.54) is 12.1 Å². The SMILES string of the molecule is O=C(O)CCCNCC(=O)NCc1ccc(F)cc1. The summed E-state index contributed by atoms with van der Waals surface area (Å²) < 4.78 is 12.6. The minimum Gasteiger partial charge on any atom is -0.481 e. The quantitative estimate of drug-likeness (QED) is 0.612. The lowest BCUT2D eigenvalue weighted by atomic mass is 10.2. The molecule has 1 aromatic rings. The van der Waals surface area contributed by atoms with Gasteiger partial charge in [-0.05, 0) is 30.7 Å². The summed E-state index contributed by atoms with van der Waals surface area (Å²) in [5.74, 6) is -1.34. The number of hydrogen-bond acceptors (Lipinski definition) is 3. The van der Waals surface area contributed by atoms with Crippen LogP contribution in [0.1, 0.15) is 18.4 Å². The number of carbonyl (C=O) groups excluding carboxylic acids is 1. The topological polar surface area (TPSA) is 78.4 Å². The monoisotopic (exact) mass is 268 g/mol. The Morgan fingerprint density at radius 1 is 1.21 bits per heavy atom. The van der Waals surface area contributed by atoms with Gasteiger partial charge >= 0.3 is 5.97 Å². The first kappa shape index (κ1) is 15.1. The van der Waals surface area contributed by atoms with E-state index in [0.29, 0.717) is 19.5 Å². The van der Waals surface area contributed by atoms with Crippen molar-refractivity contribution in [2.75, 3.05) is 13.1 Å². The van der Waals surface area contributed by atoms with E-state index in [4.69, 9.17) is 5.11 Å². The summed E-state index contributed by atoms with van der Waals surface area (Å²) in [6, 6.07) is 5.89. The van der Waals surface area contributed by atoms with Crippen molar-refractivity contribution in [2.45, 2.75) is 19.4 Å². The van der Waals surface area contributed by atoms with Crippen LogP contribution in [-0.4, -0.2) is 30.1 Å². The van der Waals surface area contributed by atoms with Gasteiger partial charge in [0.1, 0.15) is 5.82 Å². The Morgan fingerprint density at radius 3 is 2.53 bits per heavy atom. The number of carboxylic acid groups (broad SMARTS) is 1. The molecule has 0 fully saturated rings. The van der Waals surface area contributed by atoms with Crippen molar-refractivity contribution in [1.29, 1.82) is 0 Å². The summed E-state index contributed by atoms with van der Waals surface area (Å²) in [7, 11) is 0. The average molecular weight is 268 g/mol. The number of aliphatic carboxylic acids is 1. The smallest absolute Gasteiger partial charge is 0.303 e. The van der Waals surface area contributed by atoms with Gasteiger partial charge in [0.05, 0.1) is 6.54 Å². The van der Waals surface area contributed by atoms with Crippen LogP contribution in [0.15, 0.2) is 24.3 Å². The maximum absolute atomic E-state index is 12.6. The Morgan fingerprint density at radius 2 is 1.89 bits per heavy atom. The minimum absolute atomic E-state index is 0.0875. The fraction of sp³-hybridized carbons (Fsp3) is 0.385. The van der Waals surface area contributed by atoms with Crippen molar-refractivity contribution in [3.8, 4) is 0 Å². The minimum atomic E-state index is -0.845. The molecule has 1 aromatic carbocycles. The molecule has 0 aliphatic heterocycles. The number of hydrogen-bond donors (Lipinski definition) is 3. The van der Waals surface area contributed by atoms with Gasteiger partial charge in [-0.25, -0.2) is 4.39 Å². The van der Waals surface area contributed by atoms with Crippen LogP contribution in [0.5, 0.6) is 0 Å². The predicted molar refractivity (Wildman–Crippen MR) is 68.0 cm³/mol. The van der Waals surface area contributed by atoms with E-state index in [-0.39, 0.29) is 24.7 Å². The third-order valence-corrected chi connectivity index (χ3v) is 2.43. The summed E-state index contributed by atoms with van der Waals surface area (Å²) in [5, 5.41) is 13.9. The third-order valence-electron chi connectivity index (χ3n) is 2.43. The summed E-state index contributed by atoms with van der Waals surface area (Å²) in [5.41, 5.74) is 0.820. The van der Waals surface area contributed by atoms with E-state index in [0.717, 1.165) is 5.56 Å². The van der Waals surface area contributed by atoms with Gasteiger partial charge in [-0.3, -0.25) is 9.59 Å². The molecule has 3 N–H and O–H groups in total. The standard InChI is InChI=1S/C13H17FN2O3/c14-11-5-3-10(4-6-11)8-16-12(17)9-15-7-1-2-13(18)19/h3-6,15H,1-2,7-9H2,(H,16,17)(H,18,19). The van der Waals surface area contributed by atoms with Crippen molar-refractivity contribution in [3.63, 3.8) is 0 Å². The molecule has 0 heterocycles. The number of rotatable bonds is 8. The average Bonchev–Trinajstić information content (AvgIpc) is 2.37. The summed E-state index contributed by atoms with van der Waals surface area (Å²) >= 11 is 0. The van der Waals surface area contributed by atoms with Gasteiger partial charge in [-0.1, -0.05) is 12.1 Å². The molecule has 104 valence electrons. The molecular formula is C13H17FN2O3. The first-order chi connectivity index (χ1) is 9.08.